The zero-order valence-electron chi connectivity index (χ0n) is 13.6. The summed E-state index contributed by atoms with van der Waals surface area (Å²) < 4.78 is 11.8. The molecule has 5 rings (SSSR count). The molecule has 4 aromatic heterocycles. The third-order valence-electron chi connectivity index (χ3n) is 4.30. The molecule has 4 heterocycles. The fourth-order valence-electron chi connectivity index (χ4n) is 3.14. The molecule has 0 unspecified atom stereocenters. The Balaban J connectivity index is 1.40. The topological polar surface area (TPSA) is 77.8 Å². The predicted molar refractivity (Wildman–Crippen MR) is 103 cm³/mol. The largest absolute Gasteiger partial charge is 0.444 e. The molecule has 1 aliphatic carbocycles. The zero-order chi connectivity index (χ0) is 17.5. The first-order valence-corrected chi connectivity index (χ1v) is 10.8. The fraction of sp³-hybridized carbons (Fsp3) is 0.294. The van der Waals surface area contributed by atoms with E-state index in [2.05, 4.69) is 36.1 Å². The van der Waals surface area contributed by atoms with Crippen LogP contribution >= 0.6 is 39.0 Å². The number of aryl methyl sites for hydroxylation is 2. The van der Waals surface area contributed by atoms with Crippen molar-refractivity contribution in [2.75, 3.05) is 0 Å². The third-order valence-corrected chi connectivity index (χ3v) is 6.90. The standard InChI is InChI=1S/C17H13BrN4O2S2/c18-12-6-5-10(23-12)15-22-21-13(24-15)7-25-16-14-9-3-1-2-4-11(9)26-17(14)20-8-19-16/h5-6,8H,1-4,7H2. The van der Waals surface area contributed by atoms with Gasteiger partial charge in [0, 0.05) is 10.3 Å². The summed E-state index contributed by atoms with van der Waals surface area (Å²) in [7, 11) is 0. The molecule has 0 bridgehead atoms. The second kappa shape index (κ2) is 6.79. The molecule has 6 nitrogen and oxygen atoms in total. The highest BCUT2D eigenvalue weighted by molar-refractivity contribution is 9.10. The quantitative estimate of drug-likeness (QED) is 0.310. The van der Waals surface area contributed by atoms with Crippen LogP contribution < -0.4 is 0 Å². The number of aromatic nitrogens is 4. The molecular formula is C17H13BrN4O2S2. The number of hydrogen-bond donors (Lipinski definition) is 0. The van der Waals surface area contributed by atoms with E-state index in [0.29, 0.717) is 28.0 Å². The van der Waals surface area contributed by atoms with Crippen molar-refractivity contribution in [2.45, 2.75) is 36.5 Å². The molecule has 1 aliphatic rings. The molecule has 0 aromatic carbocycles. The predicted octanol–water partition coefficient (Wildman–Crippen LogP) is 5.27. The van der Waals surface area contributed by atoms with Gasteiger partial charge >= 0.3 is 0 Å². The Hall–Kier alpha value is -1.71. The Morgan fingerprint density at radius 1 is 1.12 bits per heavy atom. The van der Waals surface area contributed by atoms with Crippen molar-refractivity contribution in [2.24, 2.45) is 0 Å². The van der Waals surface area contributed by atoms with Crippen molar-refractivity contribution in [3.05, 3.63) is 39.5 Å². The first-order chi connectivity index (χ1) is 12.8. The van der Waals surface area contributed by atoms with Gasteiger partial charge in [0.15, 0.2) is 10.4 Å². The normalized spacial score (nSPS) is 14.0. The van der Waals surface area contributed by atoms with Crippen LogP contribution in [0.2, 0.25) is 0 Å². The van der Waals surface area contributed by atoms with Gasteiger partial charge in [0.05, 0.1) is 5.75 Å². The Morgan fingerprint density at radius 2 is 2.04 bits per heavy atom. The van der Waals surface area contributed by atoms with Gasteiger partial charge in [0.2, 0.25) is 5.89 Å². The lowest BCUT2D eigenvalue weighted by atomic mass is 9.97. The van der Waals surface area contributed by atoms with E-state index in [9.17, 15) is 0 Å². The number of furan rings is 1. The van der Waals surface area contributed by atoms with Gasteiger partial charge in [-0.15, -0.1) is 21.5 Å². The Kier molecular flexibility index (Phi) is 4.30. The van der Waals surface area contributed by atoms with E-state index in [0.717, 1.165) is 22.7 Å². The molecular weight excluding hydrogens is 436 g/mol. The summed E-state index contributed by atoms with van der Waals surface area (Å²) in [5, 5.41) is 10.4. The molecule has 4 aromatic rings. The van der Waals surface area contributed by atoms with Gasteiger partial charge in [0.1, 0.15) is 16.2 Å². The average Bonchev–Trinajstić information content (AvgIpc) is 3.37. The lowest BCUT2D eigenvalue weighted by Gasteiger charge is -2.11. The van der Waals surface area contributed by atoms with Crippen LogP contribution in [0.5, 0.6) is 0 Å². The van der Waals surface area contributed by atoms with Gasteiger partial charge in [-0.1, -0.05) is 11.8 Å². The van der Waals surface area contributed by atoms with E-state index in [1.54, 1.807) is 41.6 Å². The Labute approximate surface area is 165 Å². The van der Waals surface area contributed by atoms with Gasteiger partial charge in [-0.25, -0.2) is 9.97 Å². The van der Waals surface area contributed by atoms with E-state index in [1.165, 1.54) is 28.7 Å². The lowest BCUT2D eigenvalue weighted by Crippen LogP contribution is -1.99. The van der Waals surface area contributed by atoms with Crippen molar-refractivity contribution in [3.8, 4) is 11.7 Å². The summed E-state index contributed by atoms with van der Waals surface area (Å²) in [6.45, 7) is 0. The average molecular weight is 449 g/mol. The SMILES string of the molecule is Brc1ccc(-c2nnc(CSc3ncnc4sc5c(c34)CCCC5)o2)o1. The number of thioether (sulfide) groups is 1. The van der Waals surface area contributed by atoms with Crippen LogP contribution in [-0.2, 0) is 18.6 Å². The molecule has 0 N–H and O–H groups in total. The summed E-state index contributed by atoms with van der Waals surface area (Å²) in [6, 6.07) is 3.59. The highest BCUT2D eigenvalue weighted by atomic mass is 79.9. The zero-order valence-corrected chi connectivity index (χ0v) is 16.8. The number of rotatable bonds is 4. The van der Waals surface area contributed by atoms with Crippen molar-refractivity contribution in [1.29, 1.82) is 0 Å². The van der Waals surface area contributed by atoms with Crippen molar-refractivity contribution >= 4 is 49.2 Å². The molecule has 9 heteroatoms. The van der Waals surface area contributed by atoms with Crippen molar-refractivity contribution in [1.82, 2.24) is 20.2 Å². The second-order valence-corrected chi connectivity index (χ2v) is 8.79. The number of thiophene rings is 1. The Morgan fingerprint density at radius 3 is 2.92 bits per heavy atom. The van der Waals surface area contributed by atoms with Crippen molar-refractivity contribution < 1.29 is 8.83 Å². The van der Waals surface area contributed by atoms with Crippen LogP contribution in [0.15, 0.2) is 37.0 Å². The minimum atomic E-state index is 0.382. The van der Waals surface area contributed by atoms with Gasteiger partial charge < -0.3 is 8.83 Å². The van der Waals surface area contributed by atoms with E-state index in [4.69, 9.17) is 8.83 Å². The van der Waals surface area contributed by atoms with Crippen LogP contribution in [0.1, 0.15) is 29.2 Å². The number of fused-ring (bicyclic) bond motifs is 3. The maximum absolute atomic E-state index is 5.71. The van der Waals surface area contributed by atoms with Crippen LogP contribution in [-0.4, -0.2) is 20.2 Å². The molecule has 132 valence electrons. The minimum Gasteiger partial charge on any atom is -0.444 e. The van der Waals surface area contributed by atoms with Gasteiger partial charge in [-0.2, -0.15) is 0 Å². The summed E-state index contributed by atoms with van der Waals surface area (Å²) in [5.41, 5.74) is 1.44. The molecule has 0 aliphatic heterocycles. The maximum atomic E-state index is 5.71. The molecule has 0 atom stereocenters. The number of nitrogens with zero attached hydrogens (tertiary/aromatic N) is 4. The Bertz CT molecular complexity index is 1090. The third kappa shape index (κ3) is 2.97. The maximum Gasteiger partial charge on any atom is 0.283 e. The summed E-state index contributed by atoms with van der Waals surface area (Å²) in [4.78, 5) is 11.5. The summed E-state index contributed by atoms with van der Waals surface area (Å²) in [5.74, 6) is 2.04. The van der Waals surface area contributed by atoms with Gasteiger partial charge in [0.25, 0.3) is 5.89 Å². The van der Waals surface area contributed by atoms with Crippen LogP contribution in [0.25, 0.3) is 21.9 Å². The van der Waals surface area contributed by atoms with E-state index >= 15 is 0 Å². The molecule has 26 heavy (non-hydrogen) atoms. The first-order valence-electron chi connectivity index (χ1n) is 8.24. The molecule has 0 spiro atoms. The highest BCUT2D eigenvalue weighted by Crippen LogP contribution is 2.39. The molecule has 0 fully saturated rings. The minimum absolute atomic E-state index is 0.382. The second-order valence-electron chi connectivity index (χ2n) is 5.96. The van der Waals surface area contributed by atoms with Crippen molar-refractivity contribution in [3.63, 3.8) is 0 Å². The number of halogens is 1. The number of hydrogen-bond acceptors (Lipinski definition) is 8. The van der Waals surface area contributed by atoms with Gasteiger partial charge in [-0.05, 0) is 59.3 Å². The van der Waals surface area contributed by atoms with Gasteiger partial charge in [-0.3, -0.25) is 0 Å². The van der Waals surface area contributed by atoms with E-state index in [-0.39, 0.29) is 0 Å². The highest BCUT2D eigenvalue weighted by Gasteiger charge is 2.20. The molecule has 0 amide bonds. The molecule has 0 saturated heterocycles. The van der Waals surface area contributed by atoms with E-state index < -0.39 is 0 Å². The fourth-order valence-corrected chi connectivity index (χ4v) is 5.60. The van der Waals surface area contributed by atoms with Crippen LogP contribution in [0.3, 0.4) is 0 Å². The molecule has 0 saturated carbocycles. The lowest BCUT2D eigenvalue weighted by molar-refractivity contribution is 0.486. The monoisotopic (exact) mass is 448 g/mol. The van der Waals surface area contributed by atoms with Crippen LogP contribution in [0, 0.1) is 0 Å². The first kappa shape index (κ1) is 16.5. The summed E-state index contributed by atoms with van der Waals surface area (Å²) >= 11 is 6.69. The smallest absolute Gasteiger partial charge is 0.283 e. The summed E-state index contributed by atoms with van der Waals surface area (Å²) in [6.07, 6.45) is 6.43. The van der Waals surface area contributed by atoms with E-state index in [1.807, 2.05) is 0 Å². The van der Waals surface area contributed by atoms with Crippen LogP contribution in [0.4, 0.5) is 0 Å². The molecule has 0 radical (unpaired) electrons.